The van der Waals surface area contributed by atoms with Gasteiger partial charge in [0, 0.05) is 31.6 Å². The maximum Gasteiger partial charge on any atom is 0.272 e. The summed E-state index contributed by atoms with van der Waals surface area (Å²) >= 11 is 0. The SMILES string of the molecule is N#Cc1ccc(COc2ccc3nc(C(=O)N4CCNCC4)ccc3c2)cc1. The first-order chi connectivity index (χ1) is 13.7. The highest BCUT2D eigenvalue weighted by Crippen LogP contribution is 2.21. The highest BCUT2D eigenvalue weighted by molar-refractivity contribution is 5.95. The van der Waals surface area contributed by atoms with Crippen LogP contribution in [0, 0.1) is 11.3 Å². The predicted molar refractivity (Wildman–Crippen MR) is 106 cm³/mol. The number of hydrogen-bond donors (Lipinski definition) is 1. The fourth-order valence-electron chi connectivity index (χ4n) is 3.18. The van der Waals surface area contributed by atoms with Crippen LogP contribution in [0.4, 0.5) is 0 Å². The minimum Gasteiger partial charge on any atom is -0.489 e. The maximum absolute atomic E-state index is 12.6. The molecule has 1 aromatic heterocycles. The Morgan fingerprint density at radius 3 is 2.64 bits per heavy atom. The van der Waals surface area contributed by atoms with Crippen molar-refractivity contribution in [2.24, 2.45) is 0 Å². The molecule has 0 spiro atoms. The van der Waals surface area contributed by atoms with Crippen molar-refractivity contribution in [2.45, 2.75) is 6.61 Å². The van der Waals surface area contributed by atoms with Crippen molar-refractivity contribution in [1.29, 1.82) is 5.26 Å². The number of rotatable bonds is 4. The Bertz CT molecular complexity index is 1030. The number of nitrogens with one attached hydrogen (secondary N) is 1. The lowest BCUT2D eigenvalue weighted by Crippen LogP contribution is -2.46. The summed E-state index contributed by atoms with van der Waals surface area (Å²) in [5, 5.41) is 13.0. The van der Waals surface area contributed by atoms with E-state index < -0.39 is 0 Å². The molecule has 4 rings (SSSR count). The van der Waals surface area contributed by atoms with Gasteiger partial charge in [0.05, 0.1) is 17.1 Å². The summed E-state index contributed by atoms with van der Waals surface area (Å²) in [7, 11) is 0. The van der Waals surface area contributed by atoms with Gasteiger partial charge in [-0.3, -0.25) is 4.79 Å². The van der Waals surface area contributed by atoms with Crippen molar-refractivity contribution in [3.8, 4) is 11.8 Å². The highest BCUT2D eigenvalue weighted by atomic mass is 16.5. The first-order valence-corrected chi connectivity index (χ1v) is 9.25. The molecule has 0 aliphatic carbocycles. The third-order valence-electron chi connectivity index (χ3n) is 4.77. The van der Waals surface area contributed by atoms with Gasteiger partial charge in [-0.2, -0.15) is 5.26 Å². The number of nitriles is 1. The smallest absolute Gasteiger partial charge is 0.272 e. The molecule has 1 N–H and O–H groups in total. The van der Waals surface area contributed by atoms with Crippen LogP contribution in [0.5, 0.6) is 5.75 Å². The number of carbonyl (C=O) groups excluding carboxylic acids is 1. The van der Waals surface area contributed by atoms with Gasteiger partial charge in [-0.1, -0.05) is 18.2 Å². The van der Waals surface area contributed by atoms with Crippen LogP contribution in [-0.2, 0) is 6.61 Å². The van der Waals surface area contributed by atoms with E-state index in [0.29, 0.717) is 31.0 Å². The summed E-state index contributed by atoms with van der Waals surface area (Å²) < 4.78 is 5.85. The number of fused-ring (bicyclic) bond motifs is 1. The number of ether oxygens (including phenoxy) is 1. The van der Waals surface area contributed by atoms with Crippen LogP contribution >= 0.6 is 0 Å². The normalized spacial score (nSPS) is 13.9. The molecule has 2 heterocycles. The number of carbonyl (C=O) groups is 1. The molecule has 1 aliphatic heterocycles. The van der Waals surface area contributed by atoms with Crippen LogP contribution in [-0.4, -0.2) is 42.0 Å². The molecule has 3 aromatic rings. The van der Waals surface area contributed by atoms with Gasteiger partial charge in [-0.15, -0.1) is 0 Å². The quantitative estimate of drug-likeness (QED) is 0.762. The zero-order valence-corrected chi connectivity index (χ0v) is 15.4. The number of piperazine rings is 1. The number of hydrogen-bond acceptors (Lipinski definition) is 5. The summed E-state index contributed by atoms with van der Waals surface area (Å²) in [6.07, 6.45) is 0. The summed E-state index contributed by atoms with van der Waals surface area (Å²) in [6, 6.07) is 18.8. The molecule has 0 atom stereocenters. The van der Waals surface area contributed by atoms with E-state index >= 15 is 0 Å². The summed E-state index contributed by atoms with van der Waals surface area (Å²) in [5.74, 6) is 0.712. The molecular formula is C22H20N4O2. The lowest BCUT2D eigenvalue weighted by atomic mass is 10.1. The Kier molecular flexibility index (Phi) is 5.18. The van der Waals surface area contributed by atoms with Gasteiger partial charge >= 0.3 is 0 Å². The zero-order valence-electron chi connectivity index (χ0n) is 15.4. The van der Waals surface area contributed by atoms with Crippen molar-refractivity contribution in [3.05, 3.63) is 71.4 Å². The van der Waals surface area contributed by atoms with Crippen LogP contribution in [0.1, 0.15) is 21.6 Å². The molecule has 2 aromatic carbocycles. The third kappa shape index (κ3) is 3.95. The van der Waals surface area contributed by atoms with Gasteiger partial charge in [0.15, 0.2) is 0 Å². The Morgan fingerprint density at radius 2 is 1.89 bits per heavy atom. The molecule has 0 bridgehead atoms. The molecule has 6 heteroatoms. The van der Waals surface area contributed by atoms with Gasteiger partial charge in [0.25, 0.3) is 5.91 Å². The van der Waals surface area contributed by atoms with Gasteiger partial charge in [-0.05, 0) is 42.0 Å². The minimum absolute atomic E-state index is 0.0236. The zero-order chi connectivity index (χ0) is 19.3. The molecule has 0 radical (unpaired) electrons. The van der Waals surface area contributed by atoms with Crippen LogP contribution in [0.25, 0.3) is 10.9 Å². The Balaban J connectivity index is 1.46. The average Bonchev–Trinajstić information content (AvgIpc) is 2.77. The Morgan fingerprint density at radius 1 is 1.11 bits per heavy atom. The van der Waals surface area contributed by atoms with Crippen LogP contribution in [0.2, 0.25) is 0 Å². The van der Waals surface area contributed by atoms with E-state index in [1.165, 1.54) is 0 Å². The van der Waals surface area contributed by atoms with E-state index in [2.05, 4.69) is 16.4 Å². The van der Waals surface area contributed by atoms with E-state index in [0.717, 1.165) is 35.3 Å². The van der Waals surface area contributed by atoms with Crippen molar-refractivity contribution < 1.29 is 9.53 Å². The number of nitrogens with zero attached hydrogens (tertiary/aromatic N) is 3. The second-order valence-electron chi connectivity index (χ2n) is 6.69. The fourth-order valence-corrected chi connectivity index (χ4v) is 3.18. The highest BCUT2D eigenvalue weighted by Gasteiger charge is 2.19. The van der Waals surface area contributed by atoms with Crippen molar-refractivity contribution in [2.75, 3.05) is 26.2 Å². The van der Waals surface area contributed by atoms with E-state index in [4.69, 9.17) is 10.00 Å². The Hall–Kier alpha value is -3.43. The van der Waals surface area contributed by atoms with Gasteiger partial charge in [0.2, 0.25) is 0 Å². The maximum atomic E-state index is 12.6. The number of pyridine rings is 1. The lowest BCUT2D eigenvalue weighted by molar-refractivity contribution is 0.0730. The van der Waals surface area contributed by atoms with Crippen LogP contribution < -0.4 is 10.1 Å². The molecule has 0 saturated carbocycles. The molecular weight excluding hydrogens is 352 g/mol. The van der Waals surface area contributed by atoms with Gasteiger partial charge < -0.3 is 15.0 Å². The molecule has 28 heavy (non-hydrogen) atoms. The minimum atomic E-state index is -0.0236. The van der Waals surface area contributed by atoms with E-state index in [9.17, 15) is 4.79 Å². The number of benzene rings is 2. The van der Waals surface area contributed by atoms with Crippen LogP contribution in [0.3, 0.4) is 0 Å². The van der Waals surface area contributed by atoms with Crippen molar-refractivity contribution in [3.63, 3.8) is 0 Å². The van der Waals surface area contributed by atoms with Gasteiger partial charge in [0.1, 0.15) is 18.1 Å². The van der Waals surface area contributed by atoms with E-state index in [1.807, 2.05) is 41.3 Å². The summed E-state index contributed by atoms with van der Waals surface area (Å²) in [6.45, 7) is 3.48. The molecule has 140 valence electrons. The molecule has 1 amide bonds. The molecule has 6 nitrogen and oxygen atoms in total. The van der Waals surface area contributed by atoms with E-state index in [-0.39, 0.29) is 5.91 Å². The predicted octanol–water partition coefficient (Wildman–Crippen LogP) is 2.73. The van der Waals surface area contributed by atoms with Crippen LogP contribution in [0.15, 0.2) is 54.6 Å². The number of amides is 1. The monoisotopic (exact) mass is 372 g/mol. The topological polar surface area (TPSA) is 78.2 Å². The van der Waals surface area contributed by atoms with E-state index in [1.54, 1.807) is 18.2 Å². The van der Waals surface area contributed by atoms with Crippen molar-refractivity contribution in [1.82, 2.24) is 15.2 Å². The largest absolute Gasteiger partial charge is 0.489 e. The molecule has 0 unspecified atom stereocenters. The fraction of sp³-hybridized carbons (Fsp3) is 0.227. The first-order valence-electron chi connectivity index (χ1n) is 9.25. The standard InChI is InChI=1S/C22H20N4O2/c23-14-16-1-3-17(4-2-16)15-28-19-6-8-20-18(13-19)5-7-21(25-20)22(27)26-11-9-24-10-12-26/h1-8,13,24H,9-12,15H2. The Labute approximate surface area is 163 Å². The lowest BCUT2D eigenvalue weighted by Gasteiger charge is -2.27. The molecule has 1 saturated heterocycles. The third-order valence-corrected chi connectivity index (χ3v) is 4.77. The van der Waals surface area contributed by atoms with Gasteiger partial charge in [-0.25, -0.2) is 4.98 Å². The second kappa shape index (κ2) is 8.07. The van der Waals surface area contributed by atoms with Crippen molar-refractivity contribution >= 4 is 16.8 Å². The molecule has 1 fully saturated rings. The summed E-state index contributed by atoms with van der Waals surface area (Å²) in [5.41, 5.74) is 2.87. The molecule has 1 aliphatic rings. The summed E-state index contributed by atoms with van der Waals surface area (Å²) in [4.78, 5) is 19.0. The second-order valence-corrected chi connectivity index (χ2v) is 6.69. The number of aromatic nitrogens is 1. The average molecular weight is 372 g/mol. The first kappa shape index (κ1) is 18.0.